The number of aliphatic hydroxyl groups excluding tert-OH is 1. The van der Waals surface area contributed by atoms with Crippen LogP contribution < -0.4 is 26.8 Å². The van der Waals surface area contributed by atoms with E-state index < -0.39 is 17.7 Å². The van der Waals surface area contributed by atoms with E-state index in [1.165, 1.54) is 0 Å². The van der Waals surface area contributed by atoms with Gasteiger partial charge in [-0.05, 0) is 44.9 Å². The fourth-order valence-electron chi connectivity index (χ4n) is 6.28. The maximum absolute atomic E-state index is 13.8. The van der Waals surface area contributed by atoms with Crippen molar-refractivity contribution in [2.24, 2.45) is 0 Å². The Morgan fingerprint density at radius 2 is 2.09 bits per heavy atom. The summed E-state index contributed by atoms with van der Waals surface area (Å²) in [5, 5.41) is 21.1. The number of alkyl halides is 2. The minimum absolute atomic E-state index is 0.0457. The molecule has 4 aliphatic carbocycles. The Kier molecular flexibility index (Phi) is 6.68. The summed E-state index contributed by atoms with van der Waals surface area (Å²) < 4.78 is 19.5. The van der Waals surface area contributed by atoms with Crippen molar-refractivity contribution in [2.75, 3.05) is 26.4 Å². The number of nitrogens with one attached hydrogen (secondary N) is 5. The van der Waals surface area contributed by atoms with E-state index in [1.807, 2.05) is 0 Å². The van der Waals surface area contributed by atoms with Gasteiger partial charge in [0.05, 0.1) is 30.4 Å². The SMILES string of the molecule is O=C(COC1CCC(Cl)C(F)C1)NC12CCC(NC3NCCN4CNNC34)(CC1)[C@H](O)C2. The molecule has 6 atom stereocenters. The van der Waals surface area contributed by atoms with Gasteiger partial charge in [-0.3, -0.25) is 20.3 Å². The summed E-state index contributed by atoms with van der Waals surface area (Å²) in [6.45, 7) is 2.62. The number of hydrazine groups is 1. The van der Waals surface area contributed by atoms with Crippen molar-refractivity contribution >= 4 is 17.5 Å². The highest BCUT2D eigenvalue weighted by Gasteiger charge is 2.56. The molecule has 0 radical (unpaired) electrons. The maximum atomic E-state index is 13.8. The smallest absolute Gasteiger partial charge is 0.246 e. The van der Waals surface area contributed by atoms with Crippen LogP contribution in [0.2, 0.25) is 0 Å². The number of halogens is 2. The lowest BCUT2D eigenvalue weighted by Gasteiger charge is -2.58. The number of piperazine rings is 1. The van der Waals surface area contributed by atoms with Crippen molar-refractivity contribution in [1.29, 1.82) is 0 Å². The zero-order valence-corrected chi connectivity index (χ0v) is 19.2. The van der Waals surface area contributed by atoms with Gasteiger partial charge in [0.1, 0.15) is 18.9 Å². The third kappa shape index (κ3) is 4.53. The molecule has 9 nitrogen and oxygen atoms in total. The number of aliphatic hydroxyl groups is 1. The van der Waals surface area contributed by atoms with Crippen LogP contribution in [0.3, 0.4) is 0 Å². The molecule has 0 spiro atoms. The van der Waals surface area contributed by atoms with Crippen LogP contribution in [0.25, 0.3) is 0 Å². The monoisotopic (exact) mass is 474 g/mol. The van der Waals surface area contributed by atoms with Crippen molar-refractivity contribution in [1.82, 2.24) is 31.7 Å². The van der Waals surface area contributed by atoms with Gasteiger partial charge in [-0.15, -0.1) is 11.6 Å². The van der Waals surface area contributed by atoms with Gasteiger partial charge in [-0.25, -0.2) is 15.2 Å². The van der Waals surface area contributed by atoms with E-state index in [9.17, 15) is 14.3 Å². The maximum Gasteiger partial charge on any atom is 0.246 e. The van der Waals surface area contributed by atoms with Gasteiger partial charge in [0.25, 0.3) is 0 Å². The summed E-state index contributed by atoms with van der Waals surface area (Å²) in [5.74, 6) is -0.186. The van der Waals surface area contributed by atoms with E-state index in [4.69, 9.17) is 16.3 Å². The van der Waals surface area contributed by atoms with E-state index >= 15 is 0 Å². The number of nitrogens with zero attached hydrogens (tertiary/aromatic N) is 1. The number of ether oxygens (including phenoxy) is 1. The summed E-state index contributed by atoms with van der Waals surface area (Å²) in [5.41, 5.74) is 5.78. The molecule has 4 saturated carbocycles. The Hall–Kier alpha value is -0.590. The number of amides is 1. The van der Waals surface area contributed by atoms with Crippen molar-refractivity contribution in [3.63, 3.8) is 0 Å². The highest BCUT2D eigenvalue weighted by molar-refractivity contribution is 6.21. The Morgan fingerprint density at radius 3 is 2.84 bits per heavy atom. The normalized spacial score (nSPS) is 46.7. The molecule has 6 fully saturated rings. The largest absolute Gasteiger partial charge is 0.391 e. The Bertz CT molecular complexity index is 696. The zero-order chi connectivity index (χ0) is 22.3. The summed E-state index contributed by atoms with van der Waals surface area (Å²) >= 11 is 5.93. The third-order valence-corrected chi connectivity index (χ3v) is 8.76. The van der Waals surface area contributed by atoms with E-state index in [0.29, 0.717) is 19.3 Å². The molecule has 5 unspecified atom stereocenters. The van der Waals surface area contributed by atoms with Crippen LogP contribution in [0.1, 0.15) is 51.4 Å². The predicted octanol–water partition coefficient (Wildman–Crippen LogP) is -0.354. The lowest BCUT2D eigenvalue weighted by Crippen LogP contribution is -2.75. The topological polar surface area (TPSA) is 110 Å². The molecule has 6 N–H and O–H groups in total. The second-order valence-electron chi connectivity index (χ2n) is 10.3. The van der Waals surface area contributed by atoms with Gasteiger partial charge in [-0.2, -0.15) is 0 Å². The molecule has 11 heteroatoms. The number of carbonyl (C=O) groups is 1. The van der Waals surface area contributed by atoms with Gasteiger partial charge in [0, 0.05) is 30.6 Å². The molecule has 1 amide bonds. The third-order valence-electron chi connectivity index (χ3n) is 8.27. The molecule has 6 aliphatic rings. The van der Waals surface area contributed by atoms with Gasteiger partial charge >= 0.3 is 0 Å². The number of fused-ring (bicyclic) bond motifs is 4. The summed E-state index contributed by atoms with van der Waals surface area (Å²) in [4.78, 5) is 15.0. The van der Waals surface area contributed by atoms with Crippen LogP contribution in [0.5, 0.6) is 0 Å². The van der Waals surface area contributed by atoms with Crippen molar-refractivity contribution < 1.29 is 19.0 Å². The van der Waals surface area contributed by atoms with Crippen LogP contribution in [0.4, 0.5) is 4.39 Å². The van der Waals surface area contributed by atoms with Crippen molar-refractivity contribution in [3.8, 4) is 0 Å². The van der Waals surface area contributed by atoms with Crippen LogP contribution in [0, 0.1) is 0 Å². The average Bonchev–Trinajstić information content (AvgIpc) is 3.26. The molecule has 0 aromatic heterocycles. The lowest BCUT2D eigenvalue weighted by molar-refractivity contribution is -0.136. The first-order valence-corrected chi connectivity index (χ1v) is 12.4. The van der Waals surface area contributed by atoms with Crippen LogP contribution in [-0.2, 0) is 9.53 Å². The van der Waals surface area contributed by atoms with E-state index in [0.717, 1.165) is 45.4 Å². The van der Waals surface area contributed by atoms with E-state index in [-0.39, 0.29) is 48.4 Å². The molecule has 0 aromatic carbocycles. The molecule has 32 heavy (non-hydrogen) atoms. The average molecular weight is 475 g/mol. The molecule has 182 valence electrons. The van der Waals surface area contributed by atoms with Gasteiger partial charge in [0.2, 0.25) is 5.91 Å². The summed E-state index contributed by atoms with van der Waals surface area (Å²) in [6, 6.07) is 0. The minimum Gasteiger partial charge on any atom is -0.391 e. The van der Waals surface area contributed by atoms with E-state index in [2.05, 4.69) is 31.7 Å². The predicted molar refractivity (Wildman–Crippen MR) is 117 cm³/mol. The van der Waals surface area contributed by atoms with Crippen LogP contribution in [0.15, 0.2) is 0 Å². The number of hydrogen-bond acceptors (Lipinski definition) is 8. The zero-order valence-electron chi connectivity index (χ0n) is 18.4. The second-order valence-corrected chi connectivity index (χ2v) is 10.9. The number of carbonyl (C=O) groups excluding carboxylic acids is 1. The molecular weight excluding hydrogens is 439 g/mol. The van der Waals surface area contributed by atoms with Gasteiger partial charge in [0.15, 0.2) is 0 Å². The van der Waals surface area contributed by atoms with Crippen molar-refractivity contribution in [2.45, 2.75) is 98.5 Å². The van der Waals surface area contributed by atoms with Crippen molar-refractivity contribution in [3.05, 3.63) is 0 Å². The summed E-state index contributed by atoms with van der Waals surface area (Å²) in [7, 11) is 0. The fourth-order valence-corrected chi connectivity index (χ4v) is 6.51. The first-order chi connectivity index (χ1) is 15.4. The lowest BCUT2D eigenvalue weighted by atomic mass is 9.59. The van der Waals surface area contributed by atoms with Crippen LogP contribution >= 0.6 is 11.6 Å². The number of hydrogen-bond donors (Lipinski definition) is 6. The quantitative estimate of drug-likeness (QED) is 0.290. The molecular formula is C21H36ClFN6O3. The first-order valence-electron chi connectivity index (χ1n) is 12.0. The second kappa shape index (κ2) is 9.22. The molecule has 2 aliphatic heterocycles. The highest BCUT2D eigenvalue weighted by atomic mass is 35.5. The Balaban J connectivity index is 1.13. The van der Waals surface area contributed by atoms with E-state index in [1.54, 1.807) is 0 Å². The fraction of sp³-hybridized carbons (Fsp3) is 0.952. The molecule has 2 bridgehead atoms. The van der Waals surface area contributed by atoms with Crippen LogP contribution in [-0.4, -0.2) is 89.4 Å². The number of rotatable bonds is 6. The summed E-state index contributed by atoms with van der Waals surface area (Å²) in [6.07, 6.45) is 3.59. The minimum atomic E-state index is -1.08. The molecule has 0 aromatic rings. The Morgan fingerprint density at radius 1 is 1.28 bits per heavy atom. The molecule has 2 heterocycles. The molecule has 2 saturated heterocycles. The standard InChI is InChI=1S/C21H36ClFN6O3/c22-14-2-1-13(9-15(14)23)32-11-17(31)26-20-3-5-21(6-4-20,16(30)10-20)27-18-19-28-25-12-29(19)8-7-24-18/h13-16,18-19,24-25,27-28,30H,1-12H2,(H,26,31)/t13?,14?,15?,16-,18?,19?,20?,21?/m1/s1. The first kappa shape index (κ1) is 23.2. The highest BCUT2D eigenvalue weighted by Crippen LogP contribution is 2.47. The van der Waals surface area contributed by atoms with Gasteiger partial charge in [-0.1, -0.05) is 0 Å². The Labute approximate surface area is 193 Å². The molecule has 6 rings (SSSR count). The van der Waals surface area contributed by atoms with Gasteiger partial charge < -0.3 is 15.2 Å².